The van der Waals surface area contributed by atoms with Gasteiger partial charge < -0.3 is 14.9 Å². The lowest BCUT2D eigenvalue weighted by atomic mass is 9.74. The molecule has 27 heavy (non-hydrogen) atoms. The number of allylic oxidation sites excluding steroid dienone is 1. The molecule has 4 heteroatoms. The normalized spacial score (nSPS) is 24.5. The minimum absolute atomic E-state index is 0.0186. The summed E-state index contributed by atoms with van der Waals surface area (Å²) in [7, 11) is 1.70. The number of hydrogen-bond donors (Lipinski definition) is 2. The van der Waals surface area contributed by atoms with Crippen LogP contribution in [0.1, 0.15) is 45.1 Å². The molecule has 2 atom stereocenters. The number of nitrogens with zero attached hydrogens (tertiary/aromatic N) is 1. The number of rotatable bonds is 10. The predicted molar refractivity (Wildman–Crippen MR) is 112 cm³/mol. The van der Waals surface area contributed by atoms with Crippen LogP contribution in [0.15, 0.2) is 36.4 Å². The standard InChI is InChI=1S/C23H37NO3/c1-19(2)10-11-21(20-8-5-4-6-9-20)16-24-14-12-22(26)23(17-24,18-25)13-7-15-27-3/h4-6,8-9,11,19,22,25-26H,7,10,12-18H2,1-3H3/t22-,23+/m1/s1. The van der Waals surface area contributed by atoms with E-state index < -0.39 is 11.5 Å². The third-order valence-electron chi connectivity index (χ3n) is 5.68. The number of piperidine rings is 1. The molecule has 1 aromatic rings. The number of methoxy groups -OCH3 is 1. The van der Waals surface area contributed by atoms with E-state index in [2.05, 4.69) is 49.1 Å². The Labute approximate surface area is 164 Å². The molecule has 1 saturated heterocycles. The van der Waals surface area contributed by atoms with Crippen LogP contribution in [0, 0.1) is 11.3 Å². The molecule has 4 nitrogen and oxygen atoms in total. The molecule has 2 N–H and O–H groups in total. The van der Waals surface area contributed by atoms with Gasteiger partial charge in [-0.05, 0) is 42.7 Å². The van der Waals surface area contributed by atoms with Crippen molar-refractivity contribution in [2.75, 3.05) is 40.0 Å². The molecular weight excluding hydrogens is 338 g/mol. The van der Waals surface area contributed by atoms with Crippen molar-refractivity contribution in [1.82, 2.24) is 4.90 Å². The van der Waals surface area contributed by atoms with Crippen LogP contribution in [0.4, 0.5) is 0 Å². The molecule has 2 rings (SSSR count). The Kier molecular flexibility index (Phi) is 8.97. The van der Waals surface area contributed by atoms with Crippen molar-refractivity contribution in [2.45, 2.75) is 45.6 Å². The van der Waals surface area contributed by atoms with E-state index in [1.807, 2.05) is 6.07 Å². The van der Waals surface area contributed by atoms with Crippen molar-refractivity contribution in [3.8, 4) is 0 Å². The zero-order valence-electron chi connectivity index (χ0n) is 17.2. The number of benzene rings is 1. The van der Waals surface area contributed by atoms with E-state index in [0.29, 0.717) is 18.9 Å². The summed E-state index contributed by atoms with van der Waals surface area (Å²) in [6, 6.07) is 10.6. The second-order valence-corrected chi connectivity index (χ2v) is 8.36. The van der Waals surface area contributed by atoms with Crippen LogP contribution in [0.2, 0.25) is 0 Å². The van der Waals surface area contributed by atoms with Gasteiger partial charge in [0.25, 0.3) is 0 Å². The second-order valence-electron chi connectivity index (χ2n) is 8.36. The molecule has 1 aliphatic rings. The van der Waals surface area contributed by atoms with E-state index in [1.165, 1.54) is 11.1 Å². The zero-order valence-corrected chi connectivity index (χ0v) is 17.2. The van der Waals surface area contributed by atoms with E-state index in [-0.39, 0.29) is 6.61 Å². The van der Waals surface area contributed by atoms with Crippen LogP contribution in [-0.2, 0) is 4.74 Å². The summed E-state index contributed by atoms with van der Waals surface area (Å²) in [4.78, 5) is 2.40. The van der Waals surface area contributed by atoms with Crippen molar-refractivity contribution in [3.05, 3.63) is 42.0 Å². The first-order valence-corrected chi connectivity index (χ1v) is 10.3. The third-order valence-corrected chi connectivity index (χ3v) is 5.68. The summed E-state index contributed by atoms with van der Waals surface area (Å²) < 4.78 is 5.18. The lowest BCUT2D eigenvalue weighted by Crippen LogP contribution is -2.54. The Bertz CT molecular complexity index is 572. The molecule has 152 valence electrons. The van der Waals surface area contributed by atoms with Gasteiger partial charge in [-0.2, -0.15) is 0 Å². The molecule has 0 spiro atoms. The summed E-state index contributed by atoms with van der Waals surface area (Å²) in [6.45, 7) is 7.60. The largest absolute Gasteiger partial charge is 0.396 e. The van der Waals surface area contributed by atoms with Gasteiger partial charge in [-0.25, -0.2) is 0 Å². The molecule has 0 amide bonds. The maximum atomic E-state index is 10.6. The first-order chi connectivity index (χ1) is 13.0. The lowest BCUT2D eigenvalue weighted by molar-refractivity contribution is -0.0795. The van der Waals surface area contributed by atoms with Crippen LogP contribution in [0.5, 0.6) is 0 Å². The SMILES string of the molecule is COCCC[C@@]1(CO)CN(CC(=CCC(C)C)c2ccccc2)CC[C@H]1O. The summed E-state index contributed by atoms with van der Waals surface area (Å²) in [6.07, 6.45) is 5.31. The van der Waals surface area contributed by atoms with E-state index >= 15 is 0 Å². The topological polar surface area (TPSA) is 52.9 Å². The molecule has 0 bridgehead atoms. The van der Waals surface area contributed by atoms with Gasteiger partial charge in [0.1, 0.15) is 0 Å². The first-order valence-electron chi connectivity index (χ1n) is 10.3. The number of likely N-dealkylation sites (tertiary alicyclic amines) is 1. The minimum atomic E-state index is -0.449. The van der Waals surface area contributed by atoms with Gasteiger partial charge in [0.2, 0.25) is 0 Å². The van der Waals surface area contributed by atoms with Crippen molar-refractivity contribution in [1.29, 1.82) is 0 Å². The highest BCUT2D eigenvalue weighted by Crippen LogP contribution is 2.35. The number of hydrogen-bond acceptors (Lipinski definition) is 4. The van der Waals surface area contributed by atoms with E-state index in [0.717, 1.165) is 38.9 Å². The average Bonchev–Trinajstić information content (AvgIpc) is 2.68. The number of ether oxygens (including phenoxy) is 1. The molecule has 0 aromatic heterocycles. The van der Waals surface area contributed by atoms with Crippen LogP contribution >= 0.6 is 0 Å². The monoisotopic (exact) mass is 375 g/mol. The Morgan fingerprint density at radius 3 is 2.70 bits per heavy atom. The van der Waals surface area contributed by atoms with Crippen molar-refractivity contribution < 1.29 is 14.9 Å². The fourth-order valence-corrected chi connectivity index (χ4v) is 3.97. The summed E-state index contributed by atoms with van der Waals surface area (Å²) in [5, 5.41) is 20.7. The summed E-state index contributed by atoms with van der Waals surface area (Å²) in [5.41, 5.74) is 2.15. The highest BCUT2D eigenvalue weighted by Gasteiger charge is 2.41. The Morgan fingerprint density at radius 1 is 1.33 bits per heavy atom. The molecule has 1 aromatic carbocycles. The Balaban J connectivity index is 2.13. The molecule has 0 aliphatic carbocycles. The third kappa shape index (κ3) is 6.42. The van der Waals surface area contributed by atoms with E-state index in [9.17, 15) is 10.2 Å². The van der Waals surface area contributed by atoms with Gasteiger partial charge >= 0.3 is 0 Å². The number of aliphatic hydroxyl groups excluding tert-OH is 2. The average molecular weight is 376 g/mol. The fraction of sp³-hybridized carbons (Fsp3) is 0.652. The maximum absolute atomic E-state index is 10.6. The highest BCUT2D eigenvalue weighted by atomic mass is 16.5. The Hall–Kier alpha value is -1.20. The Morgan fingerprint density at radius 2 is 2.07 bits per heavy atom. The quantitative estimate of drug-likeness (QED) is 0.614. The van der Waals surface area contributed by atoms with Crippen molar-refractivity contribution in [3.63, 3.8) is 0 Å². The van der Waals surface area contributed by atoms with Gasteiger partial charge in [-0.15, -0.1) is 0 Å². The minimum Gasteiger partial charge on any atom is -0.396 e. The maximum Gasteiger partial charge on any atom is 0.0642 e. The summed E-state index contributed by atoms with van der Waals surface area (Å²) >= 11 is 0. The van der Waals surface area contributed by atoms with Gasteiger partial charge in [-0.1, -0.05) is 50.3 Å². The highest BCUT2D eigenvalue weighted by molar-refractivity contribution is 5.66. The van der Waals surface area contributed by atoms with E-state index in [4.69, 9.17) is 4.74 Å². The molecule has 1 fully saturated rings. The van der Waals surface area contributed by atoms with Crippen LogP contribution in [0.25, 0.3) is 5.57 Å². The van der Waals surface area contributed by atoms with Gasteiger partial charge in [-0.3, -0.25) is 4.90 Å². The molecule has 0 saturated carbocycles. The molecule has 0 radical (unpaired) electrons. The lowest BCUT2D eigenvalue weighted by Gasteiger charge is -2.45. The van der Waals surface area contributed by atoms with Crippen molar-refractivity contribution >= 4 is 5.57 Å². The molecule has 1 aliphatic heterocycles. The van der Waals surface area contributed by atoms with Crippen LogP contribution in [0.3, 0.4) is 0 Å². The molecule has 0 unspecified atom stereocenters. The molecular formula is C23H37NO3. The zero-order chi connectivity index (χ0) is 19.7. The smallest absolute Gasteiger partial charge is 0.0642 e. The van der Waals surface area contributed by atoms with Gasteiger partial charge in [0.15, 0.2) is 0 Å². The first kappa shape index (κ1) is 22.1. The van der Waals surface area contributed by atoms with E-state index in [1.54, 1.807) is 7.11 Å². The van der Waals surface area contributed by atoms with Crippen LogP contribution < -0.4 is 0 Å². The predicted octanol–water partition coefficient (Wildman–Crippen LogP) is 3.59. The number of aliphatic hydroxyl groups is 2. The molecule has 1 heterocycles. The van der Waals surface area contributed by atoms with Crippen molar-refractivity contribution in [2.24, 2.45) is 11.3 Å². The summed E-state index contributed by atoms with van der Waals surface area (Å²) in [5.74, 6) is 0.623. The fourth-order valence-electron chi connectivity index (χ4n) is 3.97. The van der Waals surface area contributed by atoms with Gasteiger partial charge in [0.05, 0.1) is 12.7 Å². The van der Waals surface area contributed by atoms with Gasteiger partial charge in [0, 0.05) is 38.8 Å². The van der Waals surface area contributed by atoms with Crippen LogP contribution in [-0.4, -0.2) is 61.2 Å². The second kappa shape index (κ2) is 11.0.